The zero-order chi connectivity index (χ0) is 14.1. The summed E-state index contributed by atoms with van der Waals surface area (Å²) in [6.07, 6.45) is 1.49. The van der Waals surface area contributed by atoms with E-state index in [9.17, 15) is 14.7 Å². The number of hydrogen-bond acceptors (Lipinski definition) is 5. The lowest BCUT2D eigenvalue weighted by Gasteiger charge is -1.99. The average molecular weight is 287 g/mol. The molecule has 5 nitrogen and oxygen atoms in total. The number of phenols is 1. The van der Waals surface area contributed by atoms with Crippen molar-refractivity contribution in [2.75, 3.05) is 0 Å². The van der Waals surface area contributed by atoms with Crippen LogP contribution in [0.5, 0.6) is 5.75 Å². The number of amides is 2. The zero-order valence-corrected chi connectivity index (χ0v) is 10.9. The third-order valence-electron chi connectivity index (χ3n) is 2.71. The van der Waals surface area contributed by atoms with Crippen LogP contribution in [0.4, 0.5) is 4.79 Å². The van der Waals surface area contributed by atoms with E-state index in [2.05, 4.69) is 5.32 Å². The predicted octanol–water partition coefficient (Wildman–Crippen LogP) is 2.98. The van der Waals surface area contributed by atoms with E-state index in [1.807, 2.05) is 0 Å². The molecule has 0 radical (unpaired) electrons. The number of hydrogen-bond donors (Lipinski definition) is 2. The van der Waals surface area contributed by atoms with Gasteiger partial charge < -0.3 is 9.52 Å². The van der Waals surface area contributed by atoms with Crippen molar-refractivity contribution in [2.24, 2.45) is 0 Å². The lowest BCUT2D eigenvalue weighted by molar-refractivity contribution is -0.115. The van der Waals surface area contributed by atoms with Crippen molar-refractivity contribution in [2.45, 2.75) is 0 Å². The second-order valence-electron chi connectivity index (χ2n) is 4.07. The number of nitrogens with one attached hydrogen (secondary N) is 1. The first-order valence-corrected chi connectivity index (χ1v) is 6.58. The molecule has 1 saturated heterocycles. The third kappa shape index (κ3) is 2.33. The highest BCUT2D eigenvalue weighted by Crippen LogP contribution is 2.32. The minimum atomic E-state index is -0.430. The number of carbonyl (C=O) groups is 2. The molecule has 20 heavy (non-hydrogen) atoms. The van der Waals surface area contributed by atoms with Gasteiger partial charge in [-0.1, -0.05) is 12.1 Å². The molecule has 1 aliphatic rings. The molecule has 1 aliphatic heterocycles. The van der Waals surface area contributed by atoms with Crippen LogP contribution in [0.2, 0.25) is 0 Å². The molecule has 0 unspecified atom stereocenters. The second-order valence-corrected chi connectivity index (χ2v) is 5.09. The van der Waals surface area contributed by atoms with Crippen molar-refractivity contribution in [1.29, 1.82) is 0 Å². The Morgan fingerprint density at radius 3 is 2.65 bits per heavy atom. The van der Waals surface area contributed by atoms with Crippen LogP contribution >= 0.6 is 11.8 Å². The van der Waals surface area contributed by atoms with E-state index in [0.29, 0.717) is 17.1 Å². The van der Waals surface area contributed by atoms with E-state index < -0.39 is 11.1 Å². The summed E-state index contributed by atoms with van der Waals surface area (Å²) in [5.41, 5.74) is 0.566. The molecule has 0 bridgehead atoms. The minimum Gasteiger partial charge on any atom is -0.507 e. The molecule has 2 heterocycles. The summed E-state index contributed by atoms with van der Waals surface area (Å²) in [5.74, 6) is 0.616. The average Bonchev–Trinajstić information content (AvgIpc) is 2.98. The van der Waals surface area contributed by atoms with Gasteiger partial charge in [-0.05, 0) is 36.0 Å². The van der Waals surface area contributed by atoms with E-state index in [-0.39, 0.29) is 10.7 Å². The van der Waals surface area contributed by atoms with Crippen LogP contribution < -0.4 is 5.32 Å². The molecule has 0 aliphatic carbocycles. The largest absolute Gasteiger partial charge is 0.507 e. The van der Waals surface area contributed by atoms with Crippen LogP contribution in [0, 0.1) is 0 Å². The van der Waals surface area contributed by atoms with Crippen LogP contribution in [0.3, 0.4) is 0 Å². The molecule has 2 N–H and O–H groups in total. The Hall–Kier alpha value is -2.47. The Morgan fingerprint density at radius 1 is 1.15 bits per heavy atom. The Kier molecular flexibility index (Phi) is 3.08. The highest BCUT2D eigenvalue weighted by molar-refractivity contribution is 8.18. The SMILES string of the molecule is O=C1NC(=O)/C(=C/c2ccc(-c3ccccc3O)o2)S1. The fourth-order valence-electron chi connectivity index (χ4n) is 1.81. The molecule has 6 heteroatoms. The van der Waals surface area contributed by atoms with Crippen molar-refractivity contribution in [3.05, 3.63) is 47.1 Å². The number of aromatic hydroxyl groups is 1. The van der Waals surface area contributed by atoms with Gasteiger partial charge in [0.05, 0.1) is 10.5 Å². The molecule has 0 saturated carbocycles. The van der Waals surface area contributed by atoms with Gasteiger partial charge in [0.25, 0.3) is 11.1 Å². The third-order valence-corrected chi connectivity index (χ3v) is 3.52. The van der Waals surface area contributed by atoms with Gasteiger partial charge in [0, 0.05) is 6.08 Å². The van der Waals surface area contributed by atoms with Crippen molar-refractivity contribution in [1.82, 2.24) is 5.32 Å². The molecule has 1 fully saturated rings. The Balaban J connectivity index is 1.92. The van der Waals surface area contributed by atoms with Gasteiger partial charge >= 0.3 is 0 Å². The fraction of sp³-hybridized carbons (Fsp3) is 0. The minimum absolute atomic E-state index is 0.115. The topological polar surface area (TPSA) is 79.5 Å². The number of benzene rings is 1. The van der Waals surface area contributed by atoms with Crippen LogP contribution in [0.1, 0.15) is 5.76 Å². The maximum absolute atomic E-state index is 11.4. The van der Waals surface area contributed by atoms with Gasteiger partial charge in [-0.3, -0.25) is 14.9 Å². The summed E-state index contributed by atoms with van der Waals surface area (Å²) in [7, 11) is 0. The van der Waals surface area contributed by atoms with Crippen LogP contribution in [0.25, 0.3) is 17.4 Å². The number of para-hydroxylation sites is 1. The standard InChI is InChI=1S/C14H9NO4S/c16-10-4-2-1-3-9(10)11-6-5-8(19-11)7-12-13(17)15-14(18)20-12/h1-7,16H,(H,15,17,18)/b12-7-. The van der Waals surface area contributed by atoms with Gasteiger partial charge in [0.1, 0.15) is 17.3 Å². The molecule has 0 spiro atoms. The number of rotatable bonds is 2. The molecule has 2 aromatic rings. The van der Waals surface area contributed by atoms with E-state index in [1.54, 1.807) is 36.4 Å². The zero-order valence-electron chi connectivity index (χ0n) is 10.1. The maximum Gasteiger partial charge on any atom is 0.290 e. The van der Waals surface area contributed by atoms with E-state index in [0.717, 1.165) is 11.8 Å². The summed E-state index contributed by atoms with van der Waals surface area (Å²) in [4.78, 5) is 22.8. The molecule has 0 atom stereocenters. The fourth-order valence-corrected chi connectivity index (χ4v) is 2.47. The maximum atomic E-state index is 11.4. The molecule has 1 aromatic heterocycles. The van der Waals surface area contributed by atoms with Gasteiger partial charge in [-0.25, -0.2) is 0 Å². The van der Waals surface area contributed by atoms with Crippen molar-refractivity contribution < 1.29 is 19.1 Å². The van der Waals surface area contributed by atoms with Crippen LogP contribution in [-0.2, 0) is 4.79 Å². The van der Waals surface area contributed by atoms with Crippen LogP contribution in [-0.4, -0.2) is 16.3 Å². The molecule has 1 aromatic carbocycles. The van der Waals surface area contributed by atoms with Gasteiger partial charge in [0.2, 0.25) is 0 Å². The summed E-state index contributed by atoms with van der Waals surface area (Å²) in [6, 6.07) is 10.2. The second kappa shape index (κ2) is 4.90. The van der Waals surface area contributed by atoms with Gasteiger partial charge in [0.15, 0.2) is 0 Å². The molecule has 100 valence electrons. The van der Waals surface area contributed by atoms with E-state index in [1.165, 1.54) is 6.08 Å². The normalized spacial score (nSPS) is 16.7. The summed E-state index contributed by atoms with van der Waals surface area (Å²) < 4.78 is 5.56. The molecule has 2 amide bonds. The van der Waals surface area contributed by atoms with Gasteiger partial charge in [-0.2, -0.15) is 0 Å². The first kappa shape index (κ1) is 12.6. The lowest BCUT2D eigenvalue weighted by atomic mass is 10.1. The van der Waals surface area contributed by atoms with Gasteiger partial charge in [-0.15, -0.1) is 0 Å². The first-order chi connectivity index (χ1) is 9.63. The highest BCUT2D eigenvalue weighted by Gasteiger charge is 2.25. The smallest absolute Gasteiger partial charge is 0.290 e. The monoisotopic (exact) mass is 287 g/mol. The highest BCUT2D eigenvalue weighted by atomic mass is 32.2. The van der Waals surface area contributed by atoms with Crippen LogP contribution in [0.15, 0.2) is 45.7 Å². The molecular weight excluding hydrogens is 278 g/mol. The van der Waals surface area contributed by atoms with E-state index >= 15 is 0 Å². The summed E-state index contributed by atoms with van der Waals surface area (Å²) >= 11 is 0.829. The Labute approximate surface area is 118 Å². The Bertz CT molecular complexity index is 732. The predicted molar refractivity (Wildman–Crippen MR) is 74.9 cm³/mol. The van der Waals surface area contributed by atoms with Crippen molar-refractivity contribution in [3.8, 4) is 17.1 Å². The Morgan fingerprint density at radius 2 is 1.95 bits per heavy atom. The summed E-state index contributed by atoms with van der Waals surface area (Å²) in [6.45, 7) is 0. The summed E-state index contributed by atoms with van der Waals surface area (Å²) in [5, 5.41) is 11.5. The quantitative estimate of drug-likeness (QED) is 0.830. The molecule has 3 rings (SSSR count). The van der Waals surface area contributed by atoms with E-state index in [4.69, 9.17) is 4.42 Å². The number of carbonyl (C=O) groups excluding carboxylic acids is 2. The molecular formula is C14H9NO4S. The first-order valence-electron chi connectivity index (χ1n) is 5.76. The number of imide groups is 1. The lowest BCUT2D eigenvalue weighted by Crippen LogP contribution is -2.17. The number of phenolic OH excluding ortho intramolecular Hbond substituents is 1. The number of furan rings is 1. The van der Waals surface area contributed by atoms with Crippen molar-refractivity contribution in [3.63, 3.8) is 0 Å². The number of thioether (sulfide) groups is 1. The van der Waals surface area contributed by atoms with Crippen molar-refractivity contribution >= 4 is 29.0 Å².